The largest absolute Gasteiger partial charge is 0.478 e. The molecule has 8 heterocycles. The Kier molecular flexibility index (Phi) is 34.2. The van der Waals surface area contributed by atoms with Crippen LogP contribution in [0.4, 0.5) is 0 Å². The van der Waals surface area contributed by atoms with E-state index in [1.54, 1.807) is 110 Å². The zero-order valence-electron chi connectivity index (χ0n) is 40.3. The first-order valence-corrected chi connectivity index (χ1v) is 24.0. The number of nitrogens with zero attached hydrogens (tertiary/aromatic N) is 8. The molecule has 20 nitrogen and oxygen atoms in total. The Bertz CT molecular complexity index is 2540. The van der Waals surface area contributed by atoms with Crippen LogP contribution in [0.15, 0.2) is 256 Å². The quantitative estimate of drug-likeness (QED) is 0.224. The minimum atomic E-state index is -4.94. The van der Waals surface area contributed by atoms with E-state index >= 15 is 0 Å². The van der Waals surface area contributed by atoms with E-state index in [4.69, 9.17) is 47.5 Å². The molecule has 0 fully saturated rings. The zero-order valence-corrected chi connectivity index (χ0v) is 44.2. The van der Waals surface area contributed by atoms with Crippen molar-refractivity contribution in [2.45, 2.75) is 0 Å². The summed E-state index contributed by atoms with van der Waals surface area (Å²) in [7, 11) is -9.89. The van der Waals surface area contributed by atoms with Crippen molar-refractivity contribution in [3.8, 4) is 45.6 Å². The Labute approximate surface area is 473 Å². The molecule has 0 saturated heterocycles. The standard InChI is InChI=1S/4C10H8N2.2C7H6O2.2ClHO4.2Mn/c4*1-3-7-11-9(5-1)10-6-2-4-8-12-10;2*8-7(9)6-4-2-1-3-5-6;2*2-1(3,4)5;;/h4*1-8H;2*1-5H,(H,8,9);2*(H,2,3,4,5);;/p-2. The molecular weight excluding hydrogens is 1130 g/mol. The monoisotopic (exact) mass is 1180 g/mol. The Morgan fingerprint density at radius 1 is 0.256 bits per heavy atom. The van der Waals surface area contributed by atoms with Crippen molar-refractivity contribution in [1.82, 2.24) is 39.9 Å². The van der Waals surface area contributed by atoms with Gasteiger partial charge in [-0.05, 0) is 121 Å². The number of hydrogen-bond donors (Lipinski definition) is 2. The van der Waals surface area contributed by atoms with Gasteiger partial charge in [-0.1, -0.05) is 84.9 Å². The van der Waals surface area contributed by atoms with Gasteiger partial charge in [0.05, 0.1) is 56.7 Å². The summed E-state index contributed by atoms with van der Waals surface area (Å²) in [6.45, 7) is 0. The maximum absolute atomic E-state index is 10.2. The Morgan fingerprint density at radius 3 is 0.474 bits per heavy atom. The Hall–Kier alpha value is -8.12. The smallest absolute Gasteiger partial charge is 0.335 e. The van der Waals surface area contributed by atoms with Crippen LogP contribution in [0.1, 0.15) is 20.7 Å². The first-order chi connectivity index (χ1) is 36.5. The van der Waals surface area contributed by atoms with Crippen LogP contribution in [0.3, 0.4) is 0 Å². The second-order valence-electron chi connectivity index (χ2n) is 13.8. The average molecular weight is 1180 g/mol. The van der Waals surface area contributed by atoms with Gasteiger partial charge in [-0.3, -0.25) is 39.9 Å². The minimum absolute atomic E-state index is 0. The second kappa shape index (κ2) is 39.3. The van der Waals surface area contributed by atoms with E-state index in [2.05, 4.69) is 39.9 Å². The number of hydrogen-bond acceptors (Lipinski definition) is 18. The van der Waals surface area contributed by atoms with Crippen molar-refractivity contribution in [2.75, 3.05) is 0 Å². The van der Waals surface area contributed by atoms with Gasteiger partial charge < -0.3 is 10.2 Å². The van der Waals surface area contributed by atoms with Gasteiger partial charge in [0.15, 0.2) is 0 Å². The number of aromatic nitrogens is 8. The molecule has 0 saturated carbocycles. The molecule has 0 aliphatic rings. The molecule has 0 bridgehead atoms. The summed E-state index contributed by atoms with van der Waals surface area (Å²) in [4.78, 5) is 53.9. The molecule has 8 aromatic heterocycles. The third-order valence-electron chi connectivity index (χ3n) is 8.41. The second-order valence-corrected chi connectivity index (χ2v) is 15.3. The summed E-state index contributed by atoms with van der Waals surface area (Å²) in [5.74, 6) is -1.76. The molecule has 0 aliphatic carbocycles. The SMILES string of the molecule is O=C(O)c1ccccc1.O=C(O)c1ccccc1.[Mn].[Mn].[O-][Cl+3]([O-])([O-])[O-].[O-][Cl+3]([O-])([O-])[O-].c1ccc(-c2ccccn2)nc1.c1ccc(-c2ccccn2)nc1.c1ccc(-c2ccccn2)nc1.c1ccc(-c2ccccn2)nc1. The molecule has 0 spiro atoms. The summed E-state index contributed by atoms with van der Waals surface area (Å²) in [6, 6.07) is 63.0. The molecule has 0 unspecified atom stereocenters. The van der Waals surface area contributed by atoms with Gasteiger partial charge >= 0.3 is 11.9 Å². The van der Waals surface area contributed by atoms with Crippen LogP contribution < -0.4 is 37.3 Å². The fraction of sp³-hybridized carbons (Fsp3) is 0. The maximum atomic E-state index is 10.2. The topological polar surface area (TPSA) is 362 Å². The fourth-order valence-corrected chi connectivity index (χ4v) is 5.28. The number of carboxylic acid groups (broad SMARTS) is 2. The van der Waals surface area contributed by atoms with Crippen LogP contribution in [0.25, 0.3) is 45.6 Å². The normalized spacial score (nSPS) is 9.54. The number of halogens is 2. The molecule has 10 aromatic rings. The molecule has 24 heteroatoms. The number of carbonyl (C=O) groups is 2. The maximum Gasteiger partial charge on any atom is 0.335 e. The molecule has 2 radical (unpaired) electrons. The molecule has 0 amide bonds. The third-order valence-corrected chi connectivity index (χ3v) is 8.41. The summed E-state index contributed by atoms with van der Waals surface area (Å²) >= 11 is 0. The number of rotatable bonds is 6. The van der Waals surface area contributed by atoms with Crippen molar-refractivity contribution in [3.63, 3.8) is 0 Å². The van der Waals surface area contributed by atoms with E-state index in [1.807, 2.05) is 146 Å². The van der Waals surface area contributed by atoms with E-state index < -0.39 is 32.4 Å². The van der Waals surface area contributed by atoms with E-state index in [1.165, 1.54) is 0 Å². The summed E-state index contributed by atoms with van der Waals surface area (Å²) in [6.07, 6.45) is 14.1. The molecule has 10 rings (SSSR count). The summed E-state index contributed by atoms with van der Waals surface area (Å²) in [5, 5.41) is 16.8. The van der Waals surface area contributed by atoms with Crippen LogP contribution in [0.2, 0.25) is 0 Å². The van der Waals surface area contributed by atoms with Crippen LogP contribution in [-0.4, -0.2) is 62.0 Å². The summed E-state index contributed by atoms with van der Waals surface area (Å²) in [5.41, 5.74) is 7.98. The van der Waals surface area contributed by atoms with Gasteiger partial charge in [0.1, 0.15) is 0 Å². The van der Waals surface area contributed by atoms with Crippen LogP contribution >= 0.6 is 0 Å². The predicted molar refractivity (Wildman–Crippen MR) is 257 cm³/mol. The van der Waals surface area contributed by atoms with Crippen molar-refractivity contribution in [3.05, 3.63) is 267 Å². The molecular formula is C54H44Cl2Mn2N8O12-2. The average Bonchev–Trinajstić information content (AvgIpc) is 3.45. The first-order valence-electron chi connectivity index (χ1n) is 21.6. The Balaban J connectivity index is 0.000000452. The van der Waals surface area contributed by atoms with Gasteiger partial charge in [-0.15, -0.1) is 20.5 Å². The Morgan fingerprint density at radius 2 is 0.385 bits per heavy atom. The van der Waals surface area contributed by atoms with Crippen LogP contribution in [-0.2, 0) is 34.1 Å². The molecule has 78 heavy (non-hydrogen) atoms. The fourth-order valence-electron chi connectivity index (χ4n) is 5.28. The van der Waals surface area contributed by atoms with Crippen molar-refractivity contribution < 1.29 is 112 Å². The zero-order chi connectivity index (χ0) is 55.3. The van der Waals surface area contributed by atoms with Crippen LogP contribution in [0.5, 0.6) is 0 Å². The van der Waals surface area contributed by atoms with E-state index in [9.17, 15) is 9.59 Å². The minimum Gasteiger partial charge on any atom is -0.478 e. The van der Waals surface area contributed by atoms with Crippen LogP contribution in [0, 0.1) is 20.5 Å². The predicted octanol–water partition coefficient (Wildman–Crippen LogP) is 1.83. The van der Waals surface area contributed by atoms with Gasteiger partial charge in [0, 0.05) is 83.7 Å². The number of carboxylic acids is 2. The number of benzene rings is 2. The van der Waals surface area contributed by atoms with E-state index in [0.29, 0.717) is 11.1 Å². The number of pyridine rings is 8. The third kappa shape index (κ3) is 33.0. The van der Waals surface area contributed by atoms with E-state index in [-0.39, 0.29) is 34.1 Å². The molecule has 2 aromatic carbocycles. The first kappa shape index (κ1) is 67.9. The molecule has 0 atom stereocenters. The van der Waals surface area contributed by atoms with Crippen molar-refractivity contribution in [2.24, 2.45) is 0 Å². The van der Waals surface area contributed by atoms with Gasteiger partial charge in [-0.25, -0.2) is 46.9 Å². The molecule has 402 valence electrons. The van der Waals surface area contributed by atoms with Gasteiger partial charge in [0.25, 0.3) is 0 Å². The number of aromatic carboxylic acids is 2. The van der Waals surface area contributed by atoms with Gasteiger partial charge in [-0.2, -0.15) is 0 Å². The van der Waals surface area contributed by atoms with Crippen molar-refractivity contribution in [1.29, 1.82) is 0 Å². The molecule has 0 aliphatic heterocycles. The van der Waals surface area contributed by atoms with Gasteiger partial charge in [0.2, 0.25) is 0 Å². The van der Waals surface area contributed by atoms with E-state index in [0.717, 1.165) is 45.6 Å². The molecule has 2 N–H and O–H groups in total. The summed E-state index contributed by atoms with van der Waals surface area (Å²) < 4.78 is 67.9. The van der Waals surface area contributed by atoms with Crippen molar-refractivity contribution >= 4 is 11.9 Å².